The highest BCUT2D eigenvalue weighted by Gasteiger charge is 1.95. The van der Waals surface area contributed by atoms with Crippen molar-refractivity contribution in [2.75, 3.05) is 0 Å². The zero-order valence-electron chi connectivity index (χ0n) is 6.76. The molecule has 5 heteroatoms. The van der Waals surface area contributed by atoms with Crippen molar-refractivity contribution in [2.45, 2.75) is 5.75 Å². The van der Waals surface area contributed by atoms with E-state index in [4.69, 9.17) is 11.1 Å². The van der Waals surface area contributed by atoms with Crippen LogP contribution in [0.3, 0.4) is 0 Å². The summed E-state index contributed by atoms with van der Waals surface area (Å²) in [6.45, 7) is 0. The highest BCUT2D eigenvalue weighted by molar-refractivity contribution is 9.10. The summed E-state index contributed by atoms with van der Waals surface area (Å²) in [7, 11) is 0. The van der Waals surface area contributed by atoms with Crippen LogP contribution in [0.15, 0.2) is 28.7 Å². The number of halogens is 2. The average molecular weight is 281 g/mol. The van der Waals surface area contributed by atoms with Gasteiger partial charge in [0.15, 0.2) is 5.17 Å². The molecule has 72 valence electrons. The first-order valence-corrected chi connectivity index (χ1v) is 5.17. The summed E-state index contributed by atoms with van der Waals surface area (Å²) >= 11 is 4.71. The number of benzene rings is 1. The third-order valence-corrected chi connectivity index (χ3v) is 2.57. The normalized spacial score (nSPS) is 9.00. The third kappa shape index (κ3) is 5.18. The standard InChI is InChI=1S/C8H9BrN2S.ClH/c9-7-3-1-2-6(4-7)5-12-8(10)11;/h1-4H,5H2,(H3,10,11);1H/p-1. The van der Waals surface area contributed by atoms with E-state index in [1.807, 2.05) is 24.3 Å². The molecule has 3 N–H and O–H groups in total. The fraction of sp³-hybridized carbons (Fsp3) is 0.125. The van der Waals surface area contributed by atoms with Crippen molar-refractivity contribution in [3.63, 3.8) is 0 Å². The van der Waals surface area contributed by atoms with Gasteiger partial charge in [-0.15, -0.1) is 0 Å². The molecule has 0 atom stereocenters. The number of amidine groups is 1. The van der Waals surface area contributed by atoms with Crippen LogP contribution in [0.1, 0.15) is 5.56 Å². The van der Waals surface area contributed by atoms with E-state index in [0.29, 0.717) is 0 Å². The van der Waals surface area contributed by atoms with Gasteiger partial charge in [0.1, 0.15) is 0 Å². The predicted molar refractivity (Wildman–Crippen MR) is 57.4 cm³/mol. The van der Waals surface area contributed by atoms with Crippen LogP contribution >= 0.6 is 27.7 Å². The lowest BCUT2D eigenvalue weighted by molar-refractivity contribution is -0.00000264. The summed E-state index contributed by atoms with van der Waals surface area (Å²) < 4.78 is 1.06. The Kier molecular flexibility index (Phi) is 6.20. The van der Waals surface area contributed by atoms with Crippen molar-refractivity contribution < 1.29 is 12.4 Å². The number of rotatable bonds is 2. The Morgan fingerprint density at radius 2 is 2.23 bits per heavy atom. The molecule has 0 fully saturated rings. The van der Waals surface area contributed by atoms with Gasteiger partial charge >= 0.3 is 0 Å². The summed E-state index contributed by atoms with van der Waals surface area (Å²) in [6.07, 6.45) is 0. The van der Waals surface area contributed by atoms with E-state index in [9.17, 15) is 0 Å². The molecule has 1 aromatic carbocycles. The minimum atomic E-state index is 0. The molecule has 0 bridgehead atoms. The second kappa shape index (κ2) is 6.29. The van der Waals surface area contributed by atoms with Gasteiger partial charge in [-0.05, 0) is 17.7 Å². The van der Waals surface area contributed by atoms with Crippen molar-refractivity contribution in [2.24, 2.45) is 5.73 Å². The Hall–Kier alpha value is -0.190. The summed E-state index contributed by atoms with van der Waals surface area (Å²) in [5, 5.41) is 7.19. The maximum Gasteiger partial charge on any atom is 0.151 e. The Balaban J connectivity index is 0.00000144. The van der Waals surface area contributed by atoms with E-state index in [2.05, 4.69) is 15.9 Å². The van der Waals surface area contributed by atoms with Crippen LogP contribution in [0.25, 0.3) is 0 Å². The van der Waals surface area contributed by atoms with Crippen molar-refractivity contribution in [3.8, 4) is 0 Å². The first-order valence-electron chi connectivity index (χ1n) is 3.40. The van der Waals surface area contributed by atoms with Crippen LogP contribution in [0.2, 0.25) is 0 Å². The lowest BCUT2D eigenvalue weighted by Gasteiger charge is -1.99. The van der Waals surface area contributed by atoms with Crippen LogP contribution < -0.4 is 18.1 Å². The summed E-state index contributed by atoms with van der Waals surface area (Å²) in [5.41, 5.74) is 6.38. The van der Waals surface area contributed by atoms with Gasteiger partial charge in [-0.1, -0.05) is 39.8 Å². The van der Waals surface area contributed by atoms with Crippen molar-refractivity contribution in [1.82, 2.24) is 0 Å². The molecule has 13 heavy (non-hydrogen) atoms. The van der Waals surface area contributed by atoms with Gasteiger partial charge in [0.2, 0.25) is 0 Å². The zero-order valence-corrected chi connectivity index (χ0v) is 9.92. The Labute approximate surface area is 96.3 Å². The molecular weight excluding hydrogens is 272 g/mol. The molecular formula is C8H9BrClN2S-. The lowest BCUT2D eigenvalue weighted by atomic mass is 10.2. The molecule has 0 unspecified atom stereocenters. The maximum absolute atomic E-state index is 7.03. The topological polar surface area (TPSA) is 49.9 Å². The number of thioether (sulfide) groups is 1. The fourth-order valence-corrected chi connectivity index (χ4v) is 1.74. The van der Waals surface area contributed by atoms with Crippen LogP contribution in [0.5, 0.6) is 0 Å². The quantitative estimate of drug-likeness (QED) is 0.571. The maximum atomic E-state index is 7.03. The number of nitrogens with one attached hydrogen (secondary N) is 1. The number of hydrogen-bond donors (Lipinski definition) is 2. The Morgan fingerprint density at radius 1 is 1.54 bits per heavy atom. The monoisotopic (exact) mass is 279 g/mol. The first kappa shape index (κ1) is 12.8. The largest absolute Gasteiger partial charge is 1.00 e. The van der Waals surface area contributed by atoms with Gasteiger partial charge < -0.3 is 18.1 Å². The van der Waals surface area contributed by atoms with E-state index < -0.39 is 0 Å². The van der Waals surface area contributed by atoms with Gasteiger partial charge in [0, 0.05) is 10.2 Å². The lowest BCUT2D eigenvalue weighted by Crippen LogP contribution is -3.00. The van der Waals surface area contributed by atoms with Gasteiger partial charge in [-0.2, -0.15) is 0 Å². The summed E-state index contributed by atoms with van der Waals surface area (Å²) in [5.74, 6) is 0.759. The Morgan fingerprint density at radius 3 is 2.77 bits per heavy atom. The minimum Gasteiger partial charge on any atom is -1.00 e. The molecule has 0 heterocycles. The summed E-state index contributed by atoms with van der Waals surface area (Å²) in [4.78, 5) is 0. The molecule has 0 aliphatic carbocycles. The SMILES string of the molecule is N=C(N)SCc1cccc(Br)c1.[Cl-]. The molecule has 0 amide bonds. The van der Waals surface area contributed by atoms with Crippen molar-refractivity contribution in [1.29, 1.82) is 5.41 Å². The molecule has 0 saturated heterocycles. The fourth-order valence-electron chi connectivity index (χ4n) is 0.788. The zero-order chi connectivity index (χ0) is 8.97. The summed E-state index contributed by atoms with van der Waals surface area (Å²) in [6, 6.07) is 7.98. The third-order valence-electron chi connectivity index (χ3n) is 1.28. The first-order chi connectivity index (χ1) is 5.68. The van der Waals surface area contributed by atoms with Crippen LogP contribution in [0, 0.1) is 5.41 Å². The van der Waals surface area contributed by atoms with E-state index in [1.165, 1.54) is 17.3 Å². The van der Waals surface area contributed by atoms with Crippen molar-refractivity contribution in [3.05, 3.63) is 34.3 Å². The van der Waals surface area contributed by atoms with Crippen LogP contribution in [-0.2, 0) is 5.75 Å². The highest BCUT2D eigenvalue weighted by atomic mass is 79.9. The molecule has 0 spiro atoms. The van der Waals surface area contributed by atoms with Crippen LogP contribution in [-0.4, -0.2) is 5.17 Å². The average Bonchev–Trinajstić information content (AvgIpc) is 2.01. The predicted octanol–water partition coefficient (Wildman–Crippen LogP) is -0.420. The van der Waals surface area contributed by atoms with E-state index in [0.717, 1.165) is 10.2 Å². The van der Waals surface area contributed by atoms with Gasteiger partial charge in [0.25, 0.3) is 0 Å². The van der Waals surface area contributed by atoms with Crippen LogP contribution in [0.4, 0.5) is 0 Å². The molecule has 2 nitrogen and oxygen atoms in total. The van der Waals surface area contributed by atoms with Gasteiger partial charge in [-0.25, -0.2) is 0 Å². The molecule has 0 aromatic heterocycles. The molecule has 1 rings (SSSR count). The highest BCUT2D eigenvalue weighted by Crippen LogP contribution is 2.16. The second-order valence-corrected chi connectivity index (χ2v) is 4.22. The van der Waals surface area contributed by atoms with E-state index >= 15 is 0 Å². The molecule has 0 aliphatic heterocycles. The molecule has 0 saturated carbocycles. The second-order valence-electron chi connectivity index (χ2n) is 2.28. The smallest absolute Gasteiger partial charge is 0.151 e. The number of nitrogens with two attached hydrogens (primary N) is 1. The molecule has 1 aromatic rings. The number of hydrogen-bond acceptors (Lipinski definition) is 2. The van der Waals surface area contributed by atoms with Gasteiger partial charge in [-0.3, -0.25) is 5.41 Å². The van der Waals surface area contributed by atoms with Crippen molar-refractivity contribution >= 4 is 32.9 Å². The van der Waals surface area contributed by atoms with E-state index in [1.54, 1.807) is 0 Å². The van der Waals surface area contributed by atoms with Gasteiger partial charge in [0.05, 0.1) is 0 Å². The van der Waals surface area contributed by atoms with E-state index in [-0.39, 0.29) is 17.6 Å². The Bertz CT molecular complexity index is 293. The minimum absolute atomic E-state index is 0. The molecule has 0 radical (unpaired) electrons. The molecule has 0 aliphatic rings.